The number of amides is 1. The van der Waals surface area contributed by atoms with Crippen molar-refractivity contribution in [1.82, 2.24) is 4.90 Å². The number of ether oxygens (including phenoxy) is 1. The molecule has 1 atom stereocenters. The van der Waals surface area contributed by atoms with E-state index in [1.54, 1.807) is 4.90 Å². The summed E-state index contributed by atoms with van der Waals surface area (Å²) in [5.74, 6) is 0. The van der Waals surface area contributed by atoms with Gasteiger partial charge < -0.3 is 15.4 Å². The van der Waals surface area contributed by atoms with Crippen molar-refractivity contribution >= 4 is 6.09 Å². The molecule has 106 valence electrons. The van der Waals surface area contributed by atoms with Crippen LogP contribution < -0.4 is 5.73 Å². The lowest BCUT2D eigenvalue weighted by Crippen LogP contribution is -2.42. The van der Waals surface area contributed by atoms with E-state index >= 15 is 0 Å². The van der Waals surface area contributed by atoms with Crippen LogP contribution in [0.15, 0.2) is 0 Å². The molecule has 1 heterocycles. The number of carbonyl (C=O) groups excluding carboxylic acids is 1. The minimum Gasteiger partial charge on any atom is -0.444 e. The first-order valence-electron chi connectivity index (χ1n) is 7.02. The highest BCUT2D eigenvalue weighted by atomic mass is 16.6. The van der Waals surface area contributed by atoms with Crippen LogP contribution in [0, 0.1) is 0 Å². The van der Waals surface area contributed by atoms with E-state index in [0.29, 0.717) is 6.54 Å². The zero-order valence-electron chi connectivity index (χ0n) is 12.3. The highest BCUT2D eigenvalue weighted by Crippen LogP contribution is 2.25. The molecule has 1 unspecified atom stereocenters. The fourth-order valence-corrected chi connectivity index (χ4v) is 2.47. The summed E-state index contributed by atoms with van der Waals surface area (Å²) in [6.07, 6.45) is 4.77. The van der Waals surface area contributed by atoms with Crippen molar-refractivity contribution in [2.45, 2.75) is 70.9 Å². The Morgan fingerprint density at radius 2 is 2.00 bits per heavy atom. The van der Waals surface area contributed by atoms with Gasteiger partial charge >= 0.3 is 6.09 Å². The molecule has 0 aromatic heterocycles. The molecule has 4 nitrogen and oxygen atoms in total. The third-order valence-corrected chi connectivity index (χ3v) is 3.38. The van der Waals surface area contributed by atoms with Gasteiger partial charge in [0.05, 0.1) is 0 Å². The average molecular weight is 256 g/mol. The molecule has 1 amide bonds. The SMILES string of the molecule is CCCC1(N)CCCN(C(=O)OC(C)(C)C)CC1. The molecule has 0 bridgehead atoms. The summed E-state index contributed by atoms with van der Waals surface area (Å²) >= 11 is 0. The van der Waals surface area contributed by atoms with Crippen LogP contribution in [0.3, 0.4) is 0 Å². The highest BCUT2D eigenvalue weighted by molar-refractivity contribution is 5.68. The number of rotatable bonds is 2. The molecule has 0 aromatic rings. The number of carbonyl (C=O) groups is 1. The minimum absolute atomic E-state index is 0.0918. The topological polar surface area (TPSA) is 55.6 Å². The van der Waals surface area contributed by atoms with Gasteiger partial charge in [-0.15, -0.1) is 0 Å². The van der Waals surface area contributed by atoms with E-state index in [0.717, 1.165) is 38.6 Å². The minimum atomic E-state index is -0.424. The standard InChI is InChI=1S/C14H28N2O2/c1-5-7-14(15)8-6-10-16(11-9-14)12(17)18-13(2,3)4/h5-11,15H2,1-4H3. The maximum atomic E-state index is 12.0. The molecule has 1 aliphatic heterocycles. The predicted molar refractivity (Wildman–Crippen MR) is 73.5 cm³/mol. The molecule has 1 aliphatic rings. The molecule has 4 heteroatoms. The summed E-state index contributed by atoms with van der Waals surface area (Å²) in [4.78, 5) is 13.8. The van der Waals surface area contributed by atoms with Crippen LogP contribution in [0.2, 0.25) is 0 Å². The summed E-state index contributed by atoms with van der Waals surface area (Å²) in [5.41, 5.74) is 5.86. The highest BCUT2D eigenvalue weighted by Gasteiger charge is 2.30. The van der Waals surface area contributed by atoms with E-state index < -0.39 is 5.60 Å². The van der Waals surface area contributed by atoms with E-state index in [4.69, 9.17) is 10.5 Å². The molecular formula is C14H28N2O2. The van der Waals surface area contributed by atoms with Gasteiger partial charge in [-0.25, -0.2) is 4.79 Å². The van der Waals surface area contributed by atoms with Crippen LogP contribution in [-0.4, -0.2) is 35.2 Å². The monoisotopic (exact) mass is 256 g/mol. The zero-order valence-corrected chi connectivity index (χ0v) is 12.3. The van der Waals surface area contributed by atoms with Gasteiger partial charge in [-0.3, -0.25) is 0 Å². The number of hydrogen-bond donors (Lipinski definition) is 1. The first-order chi connectivity index (χ1) is 8.26. The Kier molecular flexibility index (Phi) is 5.02. The van der Waals surface area contributed by atoms with Crippen LogP contribution in [0.1, 0.15) is 59.8 Å². The maximum absolute atomic E-state index is 12.0. The van der Waals surface area contributed by atoms with E-state index in [9.17, 15) is 4.79 Å². The Balaban J connectivity index is 2.54. The van der Waals surface area contributed by atoms with Crippen molar-refractivity contribution in [3.8, 4) is 0 Å². The molecule has 0 saturated carbocycles. The Bertz CT molecular complexity index is 286. The zero-order chi connectivity index (χ0) is 13.8. The van der Waals surface area contributed by atoms with E-state index in [1.165, 1.54) is 0 Å². The van der Waals surface area contributed by atoms with Gasteiger partial charge in [0.25, 0.3) is 0 Å². The van der Waals surface area contributed by atoms with Gasteiger partial charge in [0.15, 0.2) is 0 Å². The van der Waals surface area contributed by atoms with Crippen LogP contribution in [0.5, 0.6) is 0 Å². The molecule has 1 saturated heterocycles. The second-order valence-electron chi connectivity index (χ2n) is 6.43. The second-order valence-corrected chi connectivity index (χ2v) is 6.43. The van der Waals surface area contributed by atoms with Crippen LogP contribution in [-0.2, 0) is 4.74 Å². The summed E-state index contributed by atoms with van der Waals surface area (Å²) in [6, 6.07) is 0. The molecule has 18 heavy (non-hydrogen) atoms. The molecule has 0 radical (unpaired) electrons. The summed E-state index contributed by atoms with van der Waals surface area (Å²) in [7, 11) is 0. The van der Waals surface area contributed by atoms with E-state index in [1.807, 2.05) is 20.8 Å². The quantitative estimate of drug-likeness (QED) is 0.826. The Morgan fingerprint density at radius 1 is 1.33 bits per heavy atom. The average Bonchev–Trinajstić information content (AvgIpc) is 2.38. The summed E-state index contributed by atoms with van der Waals surface area (Å²) in [5, 5.41) is 0. The second kappa shape index (κ2) is 5.91. The fourth-order valence-electron chi connectivity index (χ4n) is 2.47. The lowest BCUT2D eigenvalue weighted by molar-refractivity contribution is 0.0254. The largest absolute Gasteiger partial charge is 0.444 e. The molecule has 1 fully saturated rings. The molecule has 0 spiro atoms. The molecular weight excluding hydrogens is 228 g/mol. The molecule has 0 aliphatic carbocycles. The van der Waals surface area contributed by atoms with Crippen molar-refractivity contribution in [1.29, 1.82) is 0 Å². The van der Waals surface area contributed by atoms with Gasteiger partial charge in [0, 0.05) is 18.6 Å². The number of nitrogens with two attached hydrogens (primary N) is 1. The molecule has 0 aromatic carbocycles. The van der Waals surface area contributed by atoms with E-state index in [-0.39, 0.29) is 11.6 Å². The number of likely N-dealkylation sites (tertiary alicyclic amines) is 1. The summed E-state index contributed by atoms with van der Waals surface area (Å²) in [6.45, 7) is 9.32. The Labute approximate surface area is 111 Å². The van der Waals surface area contributed by atoms with Crippen LogP contribution in [0.25, 0.3) is 0 Å². The van der Waals surface area contributed by atoms with Crippen LogP contribution in [0.4, 0.5) is 4.79 Å². The first-order valence-corrected chi connectivity index (χ1v) is 7.02. The molecule has 2 N–H and O–H groups in total. The van der Waals surface area contributed by atoms with Gasteiger partial charge in [-0.2, -0.15) is 0 Å². The van der Waals surface area contributed by atoms with Gasteiger partial charge in [-0.1, -0.05) is 13.3 Å². The van der Waals surface area contributed by atoms with Crippen molar-refractivity contribution in [2.24, 2.45) is 5.73 Å². The molecule has 1 rings (SSSR count). The van der Waals surface area contributed by atoms with Gasteiger partial charge in [-0.05, 0) is 46.5 Å². The Morgan fingerprint density at radius 3 is 2.56 bits per heavy atom. The van der Waals surface area contributed by atoms with Crippen molar-refractivity contribution < 1.29 is 9.53 Å². The van der Waals surface area contributed by atoms with Crippen molar-refractivity contribution in [3.63, 3.8) is 0 Å². The van der Waals surface area contributed by atoms with E-state index in [2.05, 4.69) is 6.92 Å². The first kappa shape index (κ1) is 15.3. The third-order valence-electron chi connectivity index (χ3n) is 3.38. The van der Waals surface area contributed by atoms with Gasteiger partial charge in [0.2, 0.25) is 0 Å². The fraction of sp³-hybridized carbons (Fsp3) is 0.929. The Hall–Kier alpha value is -0.770. The summed E-state index contributed by atoms with van der Waals surface area (Å²) < 4.78 is 5.41. The lowest BCUT2D eigenvalue weighted by Gasteiger charge is -2.28. The number of nitrogens with zero attached hydrogens (tertiary/aromatic N) is 1. The van der Waals surface area contributed by atoms with Crippen molar-refractivity contribution in [3.05, 3.63) is 0 Å². The maximum Gasteiger partial charge on any atom is 0.410 e. The predicted octanol–water partition coefficient (Wildman–Crippen LogP) is 2.91. The normalized spacial score (nSPS) is 25.7. The van der Waals surface area contributed by atoms with Crippen molar-refractivity contribution in [2.75, 3.05) is 13.1 Å². The smallest absolute Gasteiger partial charge is 0.410 e. The number of hydrogen-bond acceptors (Lipinski definition) is 3. The van der Waals surface area contributed by atoms with Crippen LogP contribution >= 0.6 is 0 Å². The third kappa shape index (κ3) is 4.84. The lowest BCUT2D eigenvalue weighted by atomic mass is 9.87. The van der Waals surface area contributed by atoms with Gasteiger partial charge in [0.1, 0.15) is 5.60 Å².